The maximum Gasteiger partial charge on any atom is 0.416 e. The highest BCUT2D eigenvalue weighted by Gasteiger charge is 2.30. The Labute approximate surface area is 206 Å². The fraction of sp³-hybridized carbons (Fsp3) is 0.214. The van der Waals surface area contributed by atoms with Gasteiger partial charge in [0, 0.05) is 24.0 Å². The number of rotatable bonds is 10. The van der Waals surface area contributed by atoms with Crippen molar-refractivity contribution in [3.8, 4) is 5.75 Å². The molecule has 0 aliphatic heterocycles. The van der Waals surface area contributed by atoms with Gasteiger partial charge >= 0.3 is 6.18 Å². The number of halogens is 4. The van der Waals surface area contributed by atoms with Crippen LogP contribution >= 0.6 is 0 Å². The minimum absolute atomic E-state index is 0.00355. The van der Waals surface area contributed by atoms with Gasteiger partial charge in [0.1, 0.15) is 30.1 Å². The van der Waals surface area contributed by atoms with Crippen molar-refractivity contribution in [2.24, 2.45) is 0 Å². The van der Waals surface area contributed by atoms with Gasteiger partial charge in [-0.3, -0.25) is 4.98 Å². The molecular formula is C28H24F4N2O2. The summed E-state index contributed by atoms with van der Waals surface area (Å²) in [4.78, 5) is 8.37. The van der Waals surface area contributed by atoms with E-state index in [4.69, 9.17) is 9.15 Å². The largest absolute Gasteiger partial charge is 0.487 e. The van der Waals surface area contributed by atoms with E-state index in [0.29, 0.717) is 17.5 Å². The van der Waals surface area contributed by atoms with Crippen LogP contribution in [0.25, 0.3) is 12.2 Å². The SMILES string of the molecule is Fc1cc(C(F)(F)F)ccc1/C=C/c1nc(COc2ccc(CCCCc3cccnc3)cc2)co1. The topological polar surface area (TPSA) is 48.2 Å². The van der Waals surface area contributed by atoms with Crippen molar-refractivity contribution in [1.29, 1.82) is 0 Å². The molecule has 8 heteroatoms. The minimum Gasteiger partial charge on any atom is -0.487 e. The lowest BCUT2D eigenvalue weighted by Gasteiger charge is -2.07. The molecule has 0 radical (unpaired) electrons. The number of aromatic nitrogens is 2. The van der Waals surface area contributed by atoms with Crippen molar-refractivity contribution in [2.45, 2.75) is 38.5 Å². The molecule has 2 aromatic heterocycles. The number of hydrogen-bond donors (Lipinski definition) is 0. The van der Waals surface area contributed by atoms with E-state index < -0.39 is 17.6 Å². The highest BCUT2D eigenvalue weighted by atomic mass is 19.4. The van der Waals surface area contributed by atoms with Gasteiger partial charge in [0.05, 0.1) is 5.56 Å². The predicted octanol–water partition coefficient (Wildman–Crippen LogP) is 7.54. The molecular weight excluding hydrogens is 472 g/mol. The molecule has 0 saturated heterocycles. The van der Waals surface area contributed by atoms with E-state index in [0.717, 1.165) is 37.8 Å². The molecule has 186 valence electrons. The molecule has 0 fully saturated rings. The van der Waals surface area contributed by atoms with E-state index in [2.05, 4.69) is 16.0 Å². The zero-order chi connectivity index (χ0) is 25.4. The van der Waals surface area contributed by atoms with E-state index in [1.54, 1.807) is 6.20 Å². The second-order valence-electron chi connectivity index (χ2n) is 8.25. The molecule has 4 rings (SSSR count). The Kier molecular flexibility index (Phi) is 8.15. The normalized spacial score (nSPS) is 11.8. The standard InChI is InChI=1S/C28H24F4N2O2/c29-26-16-23(28(30,31)32)11-9-22(26)10-14-27-34-24(19-36-27)18-35-25-12-7-20(8-13-25)4-1-2-5-21-6-3-15-33-17-21/h3,6-17,19H,1-2,4-5,18H2/b14-10+. The van der Waals surface area contributed by atoms with Crippen molar-refractivity contribution in [3.63, 3.8) is 0 Å². The molecule has 0 N–H and O–H groups in total. The number of nitrogens with zero attached hydrogens (tertiary/aromatic N) is 2. The van der Waals surface area contributed by atoms with Crippen LogP contribution in [-0.2, 0) is 25.6 Å². The second-order valence-corrected chi connectivity index (χ2v) is 8.25. The smallest absolute Gasteiger partial charge is 0.416 e. The van der Waals surface area contributed by atoms with E-state index >= 15 is 0 Å². The van der Waals surface area contributed by atoms with Gasteiger partial charge in [-0.05, 0) is 73.2 Å². The minimum atomic E-state index is -4.60. The molecule has 36 heavy (non-hydrogen) atoms. The van der Waals surface area contributed by atoms with Crippen molar-refractivity contribution in [1.82, 2.24) is 9.97 Å². The Balaban J connectivity index is 1.23. The maximum atomic E-state index is 14.0. The Bertz CT molecular complexity index is 1280. The molecule has 4 aromatic rings. The first-order chi connectivity index (χ1) is 17.4. The first-order valence-electron chi connectivity index (χ1n) is 11.5. The first kappa shape index (κ1) is 25.2. The van der Waals surface area contributed by atoms with E-state index in [-0.39, 0.29) is 18.1 Å². The predicted molar refractivity (Wildman–Crippen MR) is 128 cm³/mol. The molecule has 4 nitrogen and oxygen atoms in total. The van der Waals surface area contributed by atoms with Gasteiger partial charge in [0.2, 0.25) is 5.89 Å². The average molecular weight is 497 g/mol. The van der Waals surface area contributed by atoms with Crippen LogP contribution < -0.4 is 4.74 Å². The number of pyridine rings is 1. The molecule has 0 atom stereocenters. The Morgan fingerprint density at radius 3 is 2.39 bits per heavy atom. The summed E-state index contributed by atoms with van der Waals surface area (Å²) in [6, 6.07) is 14.3. The molecule has 0 spiro atoms. The summed E-state index contributed by atoms with van der Waals surface area (Å²) in [5.74, 6) is -0.0938. The van der Waals surface area contributed by atoms with E-state index in [1.165, 1.54) is 29.5 Å². The summed E-state index contributed by atoms with van der Waals surface area (Å²) in [7, 11) is 0. The van der Waals surface area contributed by atoms with Crippen LogP contribution in [0.15, 0.2) is 77.7 Å². The van der Waals surface area contributed by atoms with Crippen LogP contribution in [0.5, 0.6) is 5.75 Å². The van der Waals surface area contributed by atoms with Gasteiger partial charge in [0.25, 0.3) is 0 Å². The number of unbranched alkanes of at least 4 members (excludes halogenated alkanes) is 1. The van der Waals surface area contributed by atoms with Crippen LogP contribution in [0, 0.1) is 5.82 Å². The quantitative estimate of drug-likeness (QED) is 0.168. The van der Waals surface area contributed by atoms with Crippen molar-refractivity contribution in [2.75, 3.05) is 0 Å². The van der Waals surface area contributed by atoms with Crippen molar-refractivity contribution in [3.05, 3.63) is 113 Å². The summed E-state index contributed by atoms with van der Waals surface area (Å²) in [6.45, 7) is 0.177. The molecule has 0 saturated carbocycles. The van der Waals surface area contributed by atoms with E-state index in [9.17, 15) is 17.6 Å². The number of alkyl halides is 3. The van der Waals surface area contributed by atoms with Crippen LogP contribution in [0.1, 0.15) is 46.7 Å². The summed E-state index contributed by atoms with van der Waals surface area (Å²) >= 11 is 0. The van der Waals surface area contributed by atoms with E-state index in [1.807, 2.05) is 36.5 Å². The maximum absolute atomic E-state index is 14.0. The zero-order valence-electron chi connectivity index (χ0n) is 19.3. The van der Waals surface area contributed by atoms with Gasteiger partial charge < -0.3 is 9.15 Å². The fourth-order valence-corrected chi connectivity index (χ4v) is 3.58. The molecule has 0 unspecified atom stereocenters. The van der Waals surface area contributed by atoms with Gasteiger partial charge in [-0.15, -0.1) is 0 Å². The molecule has 0 amide bonds. The summed E-state index contributed by atoms with van der Waals surface area (Å²) in [5, 5.41) is 0. The fourth-order valence-electron chi connectivity index (χ4n) is 3.58. The van der Waals surface area contributed by atoms with Crippen LogP contribution in [0.4, 0.5) is 17.6 Å². The van der Waals surface area contributed by atoms with Crippen molar-refractivity contribution < 1.29 is 26.7 Å². The van der Waals surface area contributed by atoms with Crippen molar-refractivity contribution >= 4 is 12.2 Å². The Hall–Kier alpha value is -3.94. The third-order valence-electron chi connectivity index (χ3n) is 5.52. The number of oxazole rings is 1. The molecule has 0 aliphatic rings. The molecule has 0 bridgehead atoms. The lowest BCUT2D eigenvalue weighted by Crippen LogP contribution is -2.05. The average Bonchev–Trinajstić information content (AvgIpc) is 3.33. The monoisotopic (exact) mass is 496 g/mol. The number of hydrogen-bond acceptors (Lipinski definition) is 4. The number of benzene rings is 2. The lowest BCUT2D eigenvalue weighted by molar-refractivity contribution is -0.137. The summed E-state index contributed by atoms with van der Waals surface area (Å²) < 4.78 is 63.0. The lowest BCUT2D eigenvalue weighted by atomic mass is 10.0. The highest BCUT2D eigenvalue weighted by Crippen LogP contribution is 2.30. The van der Waals surface area contributed by atoms with Gasteiger partial charge in [-0.1, -0.05) is 24.3 Å². The molecule has 0 aliphatic carbocycles. The first-order valence-corrected chi connectivity index (χ1v) is 11.5. The zero-order valence-corrected chi connectivity index (χ0v) is 19.3. The highest BCUT2D eigenvalue weighted by molar-refractivity contribution is 5.66. The van der Waals surface area contributed by atoms with Crippen LogP contribution in [0.2, 0.25) is 0 Å². The van der Waals surface area contributed by atoms with Gasteiger partial charge in [-0.2, -0.15) is 13.2 Å². The third-order valence-corrected chi connectivity index (χ3v) is 5.52. The Morgan fingerprint density at radius 2 is 1.69 bits per heavy atom. The third kappa shape index (κ3) is 7.28. The number of ether oxygens (including phenoxy) is 1. The molecule has 2 heterocycles. The second kappa shape index (κ2) is 11.7. The summed E-state index contributed by atoms with van der Waals surface area (Å²) in [5.41, 5.74) is 1.97. The van der Waals surface area contributed by atoms with Crippen LogP contribution in [-0.4, -0.2) is 9.97 Å². The number of aryl methyl sites for hydroxylation is 2. The summed E-state index contributed by atoms with van der Waals surface area (Å²) in [6.07, 6.45) is 7.38. The molecule has 2 aromatic carbocycles. The van der Waals surface area contributed by atoms with Crippen LogP contribution in [0.3, 0.4) is 0 Å². The van der Waals surface area contributed by atoms with Gasteiger partial charge in [0.15, 0.2) is 0 Å². The Morgan fingerprint density at radius 1 is 0.917 bits per heavy atom. The van der Waals surface area contributed by atoms with Gasteiger partial charge in [-0.25, -0.2) is 9.37 Å².